The Morgan fingerprint density at radius 3 is 2.71 bits per heavy atom. The lowest BCUT2D eigenvalue weighted by Crippen LogP contribution is -2.12. The summed E-state index contributed by atoms with van der Waals surface area (Å²) < 4.78 is 0. The van der Waals surface area contributed by atoms with Gasteiger partial charge < -0.3 is 10.8 Å². The number of nitrogens with zero attached hydrogens (tertiary/aromatic N) is 1. The molecule has 0 unspecified atom stereocenters. The van der Waals surface area contributed by atoms with E-state index in [4.69, 9.17) is 17.3 Å². The van der Waals surface area contributed by atoms with Crippen molar-refractivity contribution in [3.05, 3.63) is 23.3 Å². The van der Waals surface area contributed by atoms with Gasteiger partial charge in [0.05, 0.1) is 5.88 Å². The Bertz CT molecular complexity index is 375. The molecule has 76 valence electrons. The molecule has 0 aliphatic heterocycles. The number of aryl methyl sites for hydroxylation is 1. The van der Waals surface area contributed by atoms with Crippen LogP contribution in [0, 0.1) is 13.8 Å². The van der Waals surface area contributed by atoms with E-state index in [-0.39, 0.29) is 11.6 Å². The van der Waals surface area contributed by atoms with Crippen molar-refractivity contribution >= 4 is 23.1 Å². The summed E-state index contributed by atoms with van der Waals surface area (Å²) in [6, 6.07) is 3.60. The number of hydrogen-bond acceptors (Lipinski definition) is 2. The second-order valence-corrected chi connectivity index (χ2v) is 3.38. The second-order valence-electron chi connectivity index (χ2n) is 3.11. The van der Waals surface area contributed by atoms with Crippen LogP contribution in [-0.4, -0.2) is 16.8 Å². The molecule has 3 nitrogen and oxygen atoms in total. The second kappa shape index (κ2) is 4.33. The van der Waals surface area contributed by atoms with E-state index < -0.39 is 0 Å². The smallest absolute Gasteiger partial charge is 0.144 e. The standard InChI is InChI=1S/C10H13ClN2O/c1-6-3-4-8(10(14)7(6)2)13-9(12)5-11/h3-4,14H,5H2,1-2H3,(H2,12,13). The molecule has 0 saturated heterocycles. The Kier molecular flexibility index (Phi) is 3.36. The first-order valence-electron chi connectivity index (χ1n) is 4.24. The predicted octanol–water partition coefficient (Wildman–Crippen LogP) is 2.24. The molecule has 0 aliphatic rings. The van der Waals surface area contributed by atoms with Crippen LogP contribution < -0.4 is 5.73 Å². The van der Waals surface area contributed by atoms with Crippen LogP contribution >= 0.6 is 11.6 Å². The molecule has 0 saturated carbocycles. The highest BCUT2D eigenvalue weighted by molar-refractivity contribution is 6.28. The third-order valence-corrected chi connectivity index (χ3v) is 2.36. The van der Waals surface area contributed by atoms with Gasteiger partial charge in [-0.3, -0.25) is 0 Å². The summed E-state index contributed by atoms with van der Waals surface area (Å²) >= 11 is 5.49. The van der Waals surface area contributed by atoms with Gasteiger partial charge in [0.2, 0.25) is 0 Å². The van der Waals surface area contributed by atoms with Gasteiger partial charge in [-0.1, -0.05) is 6.07 Å². The number of phenolic OH excluding ortho intramolecular Hbond substituents is 1. The summed E-state index contributed by atoms with van der Waals surface area (Å²) in [4.78, 5) is 3.99. The molecule has 0 heterocycles. The summed E-state index contributed by atoms with van der Waals surface area (Å²) in [5.41, 5.74) is 7.77. The predicted molar refractivity (Wildman–Crippen MR) is 59.6 cm³/mol. The van der Waals surface area contributed by atoms with Crippen LogP contribution in [0.2, 0.25) is 0 Å². The first-order valence-corrected chi connectivity index (χ1v) is 4.78. The minimum atomic E-state index is 0.159. The normalized spacial score (nSPS) is 11.8. The summed E-state index contributed by atoms with van der Waals surface area (Å²) in [6.45, 7) is 3.76. The van der Waals surface area contributed by atoms with Gasteiger partial charge in [-0.25, -0.2) is 4.99 Å². The van der Waals surface area contributed by atoms with Crippen LogP contribution in [0.4, 0.5) is 5.69 Å². The van der Waals surface area contributed by atoms with Crippen LogP contribution in [-0.2, 0) is 0 Å². The van der Waals surface area contributed by atoms with E-state index in [0.717, 1.165) is 11.1 Å². The Morgan fingerprint density at radius 2 is 2.14 bits per heavy atom. The fourth-order valence-corrected chi connectivity index (χ4v) is 1.12. The Labute approximate surface area is 88.2 Å². The summed E-state index contributed by atoms with van der Waals surface area (Å²) in [5.74, 6) is 0.620. The van der Waals surface area contributed by atoms with Crippen LogP contribution in [0.1, 0.15) is 11.1 Å². The number of hydrogen-bond donors (Lipinski definition) is 2. The van der Waals surface area contributed by atoms with E-state index in [1.54, 1.807) is 6.07 Å². The molecule has 0 aromatic heterocycles. The number of phenols is 1. The average molecular weight is 213 g/mol. The van der Waals surface area contributed by atoms with Crippen LogP contribution in [0.15, 0.2) is 17.1 Å². The van der Waals surface area contributed by atoms with Gasteiger partial charge in [-0.2, -0.15) is 0 Å². The summed E-state index contributed by atoms with van der Waals surface area (Å²) in [7, 11) is 0. The van der Waals surface area contributed by atoms with Gasteiger partial charge in [-0.05, 0) is 31.0 Å². The van der Waals surface area contributed by atoms with Gasteiger partial charge in [-0.15, -0.1) is 11.6 Å². The number of rotatable bonds is 2. The molecule has 0 atom stereocenters. The summed E-state index contributed by atoms with van der Waals surface area (Å²) in [6.07, 6.45) is 0. The highest BCUT2D eigenvalue weighted by atomic mass is 35.5. The highest BCUT2D eigenvalue weighted by Crippen LogP contribution is 2.31. The van der Waals surface area contributed by atoms with Gasteiger partial charge in [0.15, 0.2) is 0 Å². The molecule has 0 bridgehead atoms. The molecular weight excluding hydrogens is 200 g/mol. The molecule has 0 radical (unpaired) electrons. The number of halogens is 1. The maximum atomic E-state index is 9.72. The maximum absolute atomic E-state index is 9.72. The molecule has 4 heteroatoms. The first kappa shape index (κ1) is 10.9. The lowest BCUT2D eigenvalue weighted by atomic mass is 10.1. The minimum Gasteiger partial charge on any atom is -0.505 e. The van der Waals surface area contributed by atoms with Crippen molar-refractivity contribution in [2.75, 3.05) is 5.88 Å². The summed E-state index contributed by atoms with van der Waals surface area (Å²) in [5, 5.41) is 9.72. The SMILES string of the molecule is Cc1ccc(N=C(N)CCl)c(O)c1C. The molecule has 1 aromatic rings. The zero-order valence-electron chi connectivity index (χ0n) is 8.21. The molecule has 0 aliphatic carbocycles. The maximum Gasteiger partial charge on any atom is 0.144 e. The highest BCUT2D eigenvalue weighted by Gasteiger charge is 2.05. The average Bonchev–Trinajstić information content (AvgIpc) is 2.19. The largest absolute Gasteiger partial charge is 0.505 e. The number of benzene rings is 1. The first-order chi connectivity index (χ1) is 6.56. The van der Waals surface area contributed by atoms with E-state index >= 15 is 0 Å². The van der Waals surface area contributed by atoms with E-state index in [2.05, 4.69) is 4.99 Å². The number of alkyl halides is 1. The Balaban J connectivity index is 3.18. The Hall–Kier alpha value is -1.22. The van der Waals surface area contributed by atoms with E-state index in [0.29, 0.717) is 11.5 Å². The van der Waals surface area contributed by atoms with Gasteiger partial charge in [0.1, 0.15) is 17.3 Å². The molecule has 14 heavy (non-hydrogen) atoms. The molecular formula is C10H13ClN2O. The van der Waals surface area contributed by atoms with E-state index in [9.17, 15) is 5.11 Å². The van der Waals surface area contributed by atoms with E-state index in [1.165, 1.54) is 0 Å². The van der Waals surface area contributed by atoms with Crippen LogP contribution in [0.5, 0.6) is 5.75 Å². The number of nitrogens with two attached hydrogens (primary N) is 1. The van der Waals surface area contributed by atoms with Crippen molar-refractivity contribution in [2.45, 2.75) is 13.8 Å². The zero-order chi connectivity index (χ0) is 10.7. The van der Waals surface area contributed by atoms with Crippen molar-refractivity contribution < 1.29 is 5.11 Å². The quantitative estimate of drug-likeness (QED) is 0.449. The van der Waals surface area contributed by atoms with E-state index in [1.807, 2.05) is 19.9 Å². The molecule has 0 fully saturated rings. The molecule has 1 rings (SSSR count). The monoisotopic (exact) mass is 212 g/mol. The molecule has 1 aromatic carbocycles. The molecule has 0 spiro atoms. The lowest BCUT2D eigenvalue weighted by molar-refractivity contribution is 0.472. The molecule has 3 N–H and O–H groups in total. The van der Waals surface area contributed by atoms with Crippen molar-refractivity contribution in [1.29, 1.82) is 0 Å². The van der Waals surface area contributed by atoms with Gasteiger partial charge in [0.25, 0.3) is 0 Å². The van der Waals surface area contributed by atoms with Gasteiger partial charge >= 0.3 is 0 Å². The third kappa shape index (κ3) is 2.17. The van der Waals surface area contributed by atoms with Crippen molar-refractivity contribution in [3.63, 3.8) is 0 Å². The third-order valence-electron chi connectivity index (χ3n) is 2.08. The van der Waals surface area contributed by atoms with Crippen LogP contribution in [0.3, 0.4) is 0 Å². The van der Waals surface area contributed by atoms with Crippen molar-refractivity contribution in [2.24, 2.45) is 10.7 Å². The van der Waals surface area contributed by atoms with Crippen molar-refractivity contribution in [1.82, 2.24) is 0 Å². The van der Waals surface area contributed by atoms with Crippen molar-refractivity contribution in [3.8, 4) is 5.75 Å². The number of amidine groups is 1. The fourth-order valence-electron chi connectivity index (χ4n) is 1.06. The minimum absolute atomic E-state index is 0.159. The lowest BCUT2D eigenvalue weighted by Gasteiger charge is -2.06. The topological polar surface area (TPSA) is 58.6 Å². The Morgan fingerprint density at radius 1 is 1.50 bits per heavy atom. The van der Waals surface area contributed by atoms with Gasteiger partial charge in [0, 0.05) is 0 Å². The molecule has 0 amide bonds. The fraction of sp³-hybridized carbons (Fsp3) is 0.300. The number of aliphatic imine (C=N–C) groups is 1. The number of aromatic hydroxyl groups is 1. The van der Waals surface area contributed by atoms with Crippen LogP contribution in [0.25, 0.3) is 0 Å². The zero-order valence-corrected chi connectivity index (χ0v) is 8.97.